The highest BCUT2D eigenvalue weighted by atomic mass is 35.5. The molecular formula is C17H18ClN7O3S. The van der Waals surface area contributed by atoms with E-state index in [2.05, 4.69) is 20.6 Å². The summed E-state index contributed by atoms with van der Waals surface area (Å²) in [7, 11) is 0. The van der Waals surface area contributed by atoms with Crippen molar-refractivity contribution in [3.63, 3.8) is 0 Å². The van der Waals surface area contributed by atoms with Gasteiger partial charge in [-0.25, -0.2) is 0 Å². The molecule has 0 unspecified atom stereocenters. The average molecular weight is 436 g/mol. The van der Waals surface area contributed by atoms with Gasteiger partial charge in [0.15, 0.2) is 11.0 Å². The minimum Gasteiger partial charge on any atom is -0.325 e. The Balaban J connectivity index is 1.68. The van der Waals surface area contributed by atoms with Crippen LogP contribution in [0.4, 0.5) is 11.4 Å². The molecule has 29 heavy (non-hydrogen) atoms. The summed E-state index contributed by atoms with van der Waals surface area (Å²) >= 11 is 7.01. The first-order valence-corrected chi connectivity index (χ1v) is 10.1. The second kappa shape index (κ2) is 9.05. The molecule has 0 bridgehead atoms. The Labute approximate surface area is 175 Å². The van der Waals surface area contributed by atoms with Crippen molar-refractivity contribution in [1.82, 2.24) is 24.5 Å². The Morgan fingerprint density at radius 1 is 1.31 bits per heavy atom. The van der Waals surface area contributed by atoms with Crippen molar-refractivity contribution in [1.29, 1.82) is 0 Å². The normalized spacial score (nSPS) is 10.9. The van der Waals surface area contributed by atoms with Gasteiger partial charge in [-0.15, -0.1) is 10.2 Å². The number of thioether (sulfide) groups is 1. The Morgan fingerprint density at radius 3 is 2.76 bits per heavy atom. The predicted octanol–water partition coefficient (Wildman–Crippen LogP) is 3.47. The molecule has 2 aromatic heterocycles. The maximum atomic E-state index is 12.3. The number of carbonyl (C=O) groups is 1. The van der Waals surface area contributed by atoms with E-state index in [1.807, 2.05) is 24.6 Å². The van der Waals surface area contributed by atoms with E-state index in [1.165, 1.54) is 30.0 Å². The van der Waals surface area contributed by atoms with Gasteiger partial charge in [0, 0.05) is 31.0 Å². The third kappa shape index (κ3) is 4.74. The minimum absolute atomic E-state index is 0.0114. The molecule has 1 N–H and O–H groups in total. The number of nitro benzene ring substituents is 1. The van der Waals surface area contributed by atoms with E-state index in [0.29, 0.717) is 23.2 Å². The van der Waals surface area contributed by atoms with E-state index in [9.17, 15) is 14.9 Å². The number of amides is 1. The number of carbonyl (C=O) groups excluding carboxylic acids is 1. The first-order chi connectivity index (χ1) is 13.9. The van der Waals surface area contributed by atoms with Crippen LogP contribution in [-0.2, 0) is 17.9 Å². The lowest BCUT2D eigenvalue weighted by molar-refractivity contribution is -0.384. The number of benzene rings is 1. The van der Waals surface area contributed by atoms with E-state index in [-0.39, 0.29) is 22.4 Å². The zero-order chi connectivity index (χ0) is 21.0. The Hall–Kier alpha value is -2.92. The lowest BCUT2D eigenvalue weighted by atomic mass is 10.3. The van der Waals surface area contributed by atoms with Crippen molar-refractivity contribution in [2.45, 2.75) is 32.1 Å². The summed E-state index contributed by atoms with van der Waals surface area (Å²) in [5.41, 5.74) is 0.891. The molecule has 1 aromatic carbocycles. The van der Waals surface area contributed by atoms with Crippen molar-refractivity contribution in [2.24, 2.45) is 0 Å². The van der Waals surface area contributed by atoms with Crippen LogP contribution in [0.1, 0.15) is 13.8 Å². The van der Waals surface area contributed by atoms with Gasteiger partial charge >= 0.3 is 0 Å². The number of halogens is 1. The van der Waals surface area contributed by atoms with Crippen LogP contribution in [0.15, 0.2) is 35.7 Å². The second-order valence-corrected chi connectivity index (χ2v) is 7.24. The number of aromatic nitrogens is 5. The molecule has 0 radical (unpaired) electrons. The fourth-order valence-electron chi connectivity index (χ4n) is 2.60. The van der Waals surface area contributed by atoms with Crippen LogP contribution in [0.5, 0.6) is 0 Å². The Kier molecular flexibility index (Phi) is 6.49. The van der Waals surface area contributed by atoms with Gasteiger partial charge in [0.05, 0.1) is 22.4 Å². The summed E-state index contributed by atoms with van der Waals surface area (Å²) in [6.45, 7) is 5.35. The van der Waals surface area contributed by atoms with Crippen molar-refractivity contribution in [2.75, 3.05) is 11.1 Å². The third-order valence-corrected chi connectivity index (χ3v) is 5.29. The van der Waals surface area contributed by atoms with Crippen molar-refractivity contribution in [3.05, 3.63) is 45.7 Å². The van der Waals surface area contributed by atoms with Gasteiger partial charge in [0.2, 0.25) is 5.91 Å². The highest BCUT2D eigenvalue weighted by molar-refractivity contribution is 7.99. The largest absolute Gasteiger partial charge is 0.325 e. The molecule has 3 aromatic rings. The van der Waals surface area contributed by atoms with Crippen molar-refractivity contribution >= 4 is 40.6 Å². The van der Waals surface area contributed by atoms with Crippen LogP contribution in [-0.4, -0.2) is 41.1 Å². The van der Waals surface area contributed by atoms with E-state index in [0.717, 1.165) is 12.1 Å². The molecule has 0 aliphatic rings. The number of aryl methyl sites for hydroxylation is 1. The predicted molar refractivity (Wildman–Crippen MR) is 110 cm³/mol. The van der Waals surface area contributed by atoms with Crippen LogP contribution in [0, 0.1) is 10.1 Å². The molecule has 0 fully saturated rings. The maximum Gasteiger partial charge on any atom is 0.289 e. The summed E-state index contributed by atoms with van der Waals surface area (Å²) in [5, 5.41) is 26.9. The molecule has 3 rings (SSSR count). The number of nitrogens with zero attached hydrogens (tertiary/aromatic N) is 6. The Bertz CT molecular complexity index is 1050. The maximum absolute atomic E-state index is 12.3. The number of hydrogen-bond acceptors (Lipinski definition) is 7. The number of rotatable bonds is 8. The summed E-state index contributed by atoms with van der Waals surface area (Å²) in [4.78, 5) is 22.6. The quantitative estimate of drug-likeness (QED) is 0.326. The average Bonchev–Trinajstić information content (AvgIpc) is 3.33. The first-order valence-electron chi connectivity index (χ1n) is 8.75. The lowest BCUT2D eigenvalue weighted by Crippen LogP contribution is -2.14. The molecule has 0 atom stereocenters. The van der Waals surface area contributed by atoms with E-state index < -0.39 is 4.92 Å². The highest BCUT2D eigenvalue weighted by Gasteiger charge is 2.17. The zero-order valence-electron chi connectivity index (χ0n) is 15.7. The van der Waals surface area contributed by atoms with Crippen LogP contribution >= 0.6 is 23.4 Å². The summed E-state index contributed by atoms with van der Waals surface area (Å²) in [5.74, 6) is 0.434. The van der Waals surface area contributed by atoms with Gasteiger partial charge in [0.1, 0.15) is 5.02 Å². The SMILES string of the molecule is CCn1cc(-c2nnc(SCC(=O)Nc3ccc(Cl)c([N+](=O)[O-])c3)n2CC)cn1. The molecule has 0 aliphatic heterocycles. The van der Waals surface area contributed by atoms with Crippen LogP contribution in [0.2, 0.25) is 5.02 Å². The second-order valence-electron chi connectivity index (χ2n) is 5.90. The van der Waals surface area contributed by atoms with Crippen LogP contribution in [0.3, 0.4) is 0 Å². The fraction of sp³-hybridized carbons (Fsp3) is 0.294. The van der Waals surface area contributed by atoms with Gasteiger partial charge in [-0.3, -0.25) is 19.6 Å². The summed E-state index contributed by atoms with van der Waals surface area (Å²) in [6.07, 6.45) is 3.62. The van der Waals surface area contributed by atoms with Crippen molar-refractivity contribution < 1.29 is 9.72 Å². The van der Waals surface area contributed by atoms with Gasteiger partial charge in [-0.1, -0.05) is 23.4 Å². The van der Waals surface area contributed by atoms with Gasteiger partial charge in [-0.2, -0.15) is 5.10 Å². The molecular weight excluding hydrogens is 418 g/mol. The molecule has 0 saturated heterocycles. The summed E-state index contributed by atoms with van der Waals surface area (Å²) < 4.78 is 3.71. The number of nitrogens with one attached hydrogen (secondary N) is 1. The molecule has 152 valence electrons. The van der Waals surface area contributed by atoms with E-state index in [1.54, 1.807) is 10.9 Å². The molecule has 10 nitrogen and oxygen atoms in total. The number of hydrogen-bond donors (Lipinski definition) is 1. The summed E-state index contributed by atoms with van der Waals surface area (Å²) in [6, 6.07) is 4.11. The fourth-order valence-corrected chi connectivity index (χ4v) is 3.59. The molecule has 0 spiro atoms. The van der Waals surface area contributed by atoms with Gasteiger partial charge in [0.25, 0.3) is 5.69 Å². The number of nitro groups is 1. The zero-order valence-corrected chi connectivity index (χ0v) is 17.3. The molecule has 2 heterocycles. The Morgan fingerprint density at radius 2 is 2.10 bits per heavy atom. The van der Waals surface area contributed by atoms with E-state index in [4.69, 9.17) is 11.6 Å². The molecule has 0 aliphatic carbocycles. The third-order valence-electron chi connectivity index (χ3n) is 4.01. The molecule has 0 saturated carbocycles. The monoisotopic (exact) mass is 435 g/mol. The smallest absolute Gasteiger partial charge is 0.289 e. The minimum atomic E-state index is -0.599. The standard InChI is InChI=1S/C17H18ClN7O3S/c1-3-23-9-11(8-19-23)16-21-22-17(24(16)4-2)29-10-15(26)20-12-5-6-13(18)14(7-12)25(27)28/h5-9H,3-4,10H2,1-2H3,(H,20,26). The lowest BCUT2D eigenvalue weighted by Gasteiger charge is -2.07. The van der Waals surface area contributed by atoms with Crippen LogP contribution in [0.25, 0.3) is 11.4 Å². The van der Waals surface area contributed by atoms with Crippen LogP contribution < -0.4 is 5.32 Å². The van der Waals surface area contributed by atoms with Gasteiger partial charge < -0.3 is 9.88 Å². The first kappa shape index (κ1) is 20.8. The van der Waals surface area contributed by atoms with Crippen molar-refractivity contribution in [3.8, 4) is 11.4 Å². The molecule has 1 amide bonds. The van der Waals surface area contributed by atoms with Gasteiger partial charge in [-0.05, 0) is 26.0 Å². The topological polar surface area (TPSA) is 121 Å². The number of anilines is 1. The molecule has 12 heteroatoms. The highest BCUT2D eigenvalue weighted by Crippen LogP contribution is 2.28. The van der Waals surface area contributed by atoms with E-state index >= 15 is 0 Å².